The molecule has 0 radical (unpaired) electrons. The van der Waals surface area contributed by atoms with E-state index in [1.54, 1.807) is 51.0 Å². The maximum Gasteiger partial charge on any atom is 0.262 e. The fourth-order valence-electron chi connectivity index (χ4n) is 2.71. The number of nitrogens with zero attached hydrogens (tertiary/aromatic N) is 3. The van der Waals surface area contributed by atoms with Gasteiger partial charge in [0.05, 0.1) is 26.1 Å². The summed E-state index contributed by atoms with van der Waals surface area (Å²) in [5.74, 6) is 0.681. The zero-order valence-electron chi connectivity index (χ0n) is 16.0. The molecule has 3 aromatic rings. The Morgan fingerprint density at radius 2 is 2.07 bits per heavy atom. The maximum absolute atomic E-state index is 12.4. The predicted octanol–water partition coefficient (Wildman–Crippen LogP) is 2.71. The zero-order valence-corrected chi connectivity index (χ0v) is 16.0. The van der Waals surface area contributed by atoms with E-state index in [2.05, 4.69) is 20.5 Å². The van der Waals surface area contributed by atoms with Crippen LogP contribution in [0.4, 0.5) is 0 Å². The van der Waals surface area contributed by atoms with Crippen LogP contribution >= 0.6 is 0 Å². The molecule has 3 rings (SSSR count). The van der Waals surface area contributed by atoms with Gasteiger partial charge in [0, 0.05) is 30.1 Å². The van der Waals surface area contributed by atoms with Crippen LogP contribution in [0, 0.1) is 11.3 Å². The highest BCUT2D eigenvalue weighted by Crippen LogP contribution is 2.33. The highest BCUT2D eigenvalue weighted by atomic mass is 16.5. The number of pyridine rings is 1. The molecule has 2 aromatic heterocycles. The number of nitrogens with one attached hydrogen (secondary N) is 2. The average Bonchev–Trinajstić information content (AvgIpc) is 3.24. The van der Waals surface area contributed by atoms with Crippen LogP contribution in [0.15, 0.2) is 54.5 Å². The number of aromatic nitrogens is 3. The Bertz CT molecular complexity index is 1070. The molecule has 146 valence electrons. The Morgan fingerprint density at radius 3 is 2.76 bits per heavy atom. The highest BCUT2D eigenvalue weighted by Gasteiger charge is 2.14. The van der Waals surface area contributed by atoms with Crippen LogP contribution in [-0.4, -0.2) is 35.3 Å². The molecular weight excluding hydrogens is 370 g/mol. The third-order valence-corrected chi connectivity index (χ3v) is 4.18. The summed E-state index contributed by atoms with van der Waals surface area (Å²) in [6, 6.07) is 11.0. The minimum Gasteiger partial charge on any atom is -0.493 e. The van der Waals surface area contributed by atoms with Gasteiger partial charge in [-0.25, -0.2) is 0 Å². The summed E-state index contributed by atoms with van der Waals surface area (Å²) in [5, 5.41) is 19.1. The molecular formula is C21H19N5O3. The van der Waals surface area contributed by atoms with Gasteiger partial charge in [-0.15, -0.1) is 0 Å². The normalized spacial score (nSPS) is 10.9. The van der Waals surface area contributed by atoms with Crippen molar-refractivity contribution in [1.82, 2.24) is 20.5 Å². The van der Waals surface area contributed by atoms with E-state index in [1.807, 2.05) is 18.2 Å². The first kappa shape index (κ1) is 19.6. The SMILES string of the molecule is COc1ccc(-c2[nH]ncc2/C=C(\C#N)C(=O)NCc2cccnc2)cc1OC. The van der Waals surface area contributed by atoms with Crippen LogP contribution in [-0.2, 0) is 11.3 Å². The van der Waals surface area contributed by atoms with Crippen LogP contribution in [0.1, 0.15) is 11.1 Å². The van der Waals surface area contributed by atoms with E-state index in [0.717, 1.165) is 11.1 Å². The molecule has 0 aliphatic rings. The first-order valence-corrected chi connectivity index (χ1v) is 8.71. The number of ether oxygens (including phenoxy) is 2. The third-order valence-electron chi connectivity index (χ3n) is 4.18. The summed E-state index contributed by atoms with van der Waals surface area (Å²) >= 11 is 0. The second kappa shape index (κ2) is 9.19. The van der Waals surface area contributed by atoms with Crippen molar-refractivity contribution in [3.05, 3.63) is 65.6 Å². The Morgan fingerprint density at radius 1 is 1.24 bits per heavy atom. The number of nitriles is 1. The first-order chi connectivity index (χ1) is 14.2. The molecule has 8 nitrogen and oxygen atoms in total. The van der Waals surface area contributed by atoms with E-state index < -0.39 is 5.91 Å². The largest absolute Gasteiger partial charge is 0.493 e. The molecule has 2 heterocycles. The molecule has 0 spiro atoms. The second-order valence-corrected chi connectivity index (χ2v) is 5.98. The average molecular weight is 389 g/mol. The number of amides is 1. The fourth-order valence-corrected chi connectivity index (χ4v) is 2.71. The summed E-state index contributed by atoms with van der Waals surface area (Å²) in [6.07, 6.45) is 6.35. The lowest BCUT2D eigenvalue weighted by Gasteiger charge is -2.09. The summed E-state index contributed by atoms with van der Waals surface area (Å²) < 4.78 is 10.6. The molecule has 0 bridgehead atoms. The van der Waals surface area contributed by atoms with E-state index in [9.17, 15) is 10.1 Å². The number of H-pyrrole nitrogens is 1. The van der Waals surface area contributed by atoms with E-state index in [1.165, 1.54) is 6.08 Å². The van der Waals surface area contributed by atoms with Gasteiger partial charge in [-0.2, -0.15) is 10.4 Å². The van der Waals surface area contributed by atoms with Crippen molar-refractivity contribution in [2.24, 2.45) is 0 Å². The minimum atomic E-state index is -0.476. The van der Waals surface area contributed by atoms with Crippen LogP contribution in [0.3, 0.4) is 0 Å². The molecule has 0 aliphatic carbocycles. The van der Waals surface area contributed by atoms with Gasteiger partial charge in [0.25, 0.3) is 5.91 Å². The molecule has 1 aromatic carbocycles. The van der Waals surface area contributed by atoms with Gasteiger partial charge in [-0.3, -0.25) is 14.9 Å². The van der Waals surface area contributed by atoms with Gasteiger partial charge < -0.3 is 14.8 Å². The van der Waals surface area contributed by atoms with Crippen molar-refractivity contribution in [3.63, 3.8) is 0 Å². The molecule has 0 saturated heterocycles. The lowest BCUT2D eigenvalue weighted by molar-refractivity contribution is -0.117. The predicted molar refractivity (Wildman–Crippen MR) is 107 cm³/mol. The summed E-state index contributed by atoms with van der Waals surface area (Å²) in [4.78, 5) is 16.4. The third kappa shape index (κ3) is 4.59. The Kier molecular flexibility index (Phi) is 6.22. The monoisotopic (exact) mass is 389 g/mol. The number of benzene rings is 1. The highest BCUT2D eigenvalue weighted by molar-refractivity contribution is 6.02. The van der Waals surface area contributed by atoms with Gasteiger partial charge in [0.1, 0.15) is 11.6 Å². The number of carbonyl (C=O) groups excluding carboxylic acids is 1. The van der Waals surface area contributed by atoms with Crippen LogP contribution in [0.2, 0.25) is 0 Å². The van der Waals surface area contributed by atoms with Crippen LogP contribution < -0.4 is 14.8 Å². The molecule has 1 amide bonds. The van der Waals surface area contributed by atoms with E-state index in [4.69, 9.17) is 9.47 Å². The van der Waals surface area contributed by atoms with Crippen molar-refractivity contribution in [2.45, 2.75) is 6.54 Å². The summed E-state index contributed by atoms with van der Waals surface area (Å²) in [7, 11) is 3.11. The zero-order chi connectivity index (χ0) is 20.6. The molecule has 0 fully saturated rings. The molecule has 8 heteroatoms. The van der Waals surface area contributed by atoms with Crippen molar-refractivity contribution in [2.75, 3.05) is 14.2 Å². The maximum atomic E-state index is 12.4. The molecule has 0 aliphatic heterocycles. The van der Waals surface area contributed by atoms with E-state index in [0.29, 0.717) is 22.8 Å². The van der Waals surface area contributed by atoms with Crippen molar-refractivity contribution < 1.29 is 14.3 Å². The smallest absolute Gasteiger partial charge is 0.262 e. The number of rotatable bonds is 7. The number of methoxy groups -OCH3 is 2. The van der Waals surface area contributed by atoms with Gasteiger partial charge in [-0.1, -0.05) is 6.07 Å². The molecule has 29 heavy (non-hydrogen) atoms. The molecule has 0 atom stereocenters. The van der Waals surface area contributed by atoms with Gasteiger partial charge in [0.15, 0.2) is 11.5 Å². The number of hydrogen-bond donors (Lipinski definition) is 2. The number of aromatic amines is 1. The summed E-state index contributed by atoms with van der Waals surface area (Å²) in [5.41, 5.74) is 2.84. The lowest BCUT2D eigenvalue weighted by atomic mass is 10.1. The van der Waals surface area contributed by atoms with Crippen molar-refractivity contribution >= 4 is 12.0 Å². The Hall–Kier alpha value is -4.12. The van der Waals surface area contributed by atoms with E-state index >= 15 is 0 Å². The topological polar surface area (TPSA) is 113 Å². The van der Waals surface area contributed by atoms with Gasteiger partial charge in [-0.05, 0) is 35.9 Å². The standard InChI is InChI=1S/C21H19N5O3/c1-28-18-6-5-15(9-19(18)29-2)20-17(13-25-26-20)8-16(10-22)21(27)24-12-14-4-3-7-23-11-14/h3-9,11,13H,12H2,1-2H3,(H,24,27)(H,25,26)/b16-8+. The van der Waals surface area contributed by atoms with Crippen molar-refractivity contribution in [1.29, 1.82) is 5.26 Å². The van der Waals surface area contributed by atoms with Gasteiger partial charge >= 0.3 is 0 Å². The van der Waals surface area contributed by atoms with Crippen LogP contribution in [0.25, 0.3) is 17.3 Å². The molecule has 0 saturated carbocycles. The van der Waals surface area contributed by atoms with Gasteiger partial charge in [0.2, 0.25) is 0 Å². The van der Waals surface area contributed by atoms with Crippen molar-refractivity contribution in [3.8, 4) is 28.8 Å². The number of hydrogen-bond acceptors (Lipinski definition) is 6. The van der Waals surface area contributed by atoms with E-state index in [-0.39, 0.29) is 12.1 Å². The Balaban J connectivity index is 1.84. The molecule has 2 N–H and O–H groups in total. The fraction of sp³-hybridized carbons (Fsp3) is 0.143. The molecule has 0 unspecified atom stereocenters. The van der Waals surface area contributed by atoms with Crippen LogP contribution in [0.5, 0.6) is 11.5 Å². The minimum absolute atomic E-state index is 0.0305. The summed E-state index contributed by atoms with van der Waals surface area (Å²) in [6.45, 7) is 0.277. The first-order valence-electron chi connectivity index (χ1n) is 8.71. The second-order valence-electron chi connectivity index (χ2n) is 5.98. The Labute approximate surface area is 167 Å². The lowest BCUT2D eigenvalue weighted by Crippen LogP contribution is -2.24. The number of carbonyl (C=O) groups is 1. The quantitative estimate of drug-likeness (QED) is 0.474.